The Kier molecular flexibility index (Phi) is 15.2. The molecule has 0 bridgehead atoms. The molecule has 20 heteroatoms. The Balaban J connectivity index is 0.00000280. The van der Waals surface area contributed by atoms with Crippen LogP contribution in [0.2, 0.25) is 0 Å². The van der Waals surface area contributed by atoms with Crippen molar-refractivity contribution in [1.82, 2.24) is 19.5 Å². The van der Waals surface area contributed by atoms with E-state index in [0.29, 0.717) is 0 Å². The zero-order valence-electron chi connectivity index (χ0n) is 16.1. The van der Waals surface area contributed by atoms with E-state index in [0.717, 1.165) is 6.33 Å². The van der Waals surface area contributed by atoms with Crippen LogP contribution >= 0.6 is 15.6 Å². The first-order chi connectivity index (χ1) is 12.5. The summed E-state index contributed by atoms with van der Waals surface area (Å²) in [5, 5.41) is 20.2. The molecule has 1 aliphatic heterocycles. The van der Waals surface area contributed by atoms with Crippen molar-refractivity contribution in [2.45, 2.75) is 24.5 Å². The minimum Gasteiger partial charge on any atom is -0.790 e. The van der Waals surface area contributed by atoms with Crippen LogP contribution in [0.15, 0.2) is 12.7 Å². The van der Waals surface area contributed by atoms with Gasteiger partial charge in [-0.15, -0.1) is 0 Å². The summed E-state index contributed by atoms with van der Waals surface area (Å²) in [6, 6.07) is 0. The van der Waals surface area contributed by atoms with E-state index >= 15 is 0 Å². The molecule has 1 fully saturated rings. The average molecular weight is 541 g/mol. The second kappa shape index (κ2) is 13.6. The maximum absolute atomic E-state index is 11.3. The van der Waals surface area contributed by atoms with E-state index in [2.05, 4.69) is 23.8 Å². The van der Waals surface area contributed by atoms with Gasteiger partial charge in [-0.3, -0.25) is 13.4 Å². The Labute approximate surface area is 297 Å². The van der Waals surface area contributed by atoms with Gasteiger partial charge in [0.05, 0.1) is 20.8 Å². The van der Waals surface area contributed by atoms with Gasteiger partial charge in [-0.05, 0) is 0 Å². The van der Waals surface area contributed by atoms with Gasteiger partial charge in [-0.1, -0.05) is 0 Å². The first-order valence-corrected chi connectivity index (χ1v) is 10.0. The summed E-state index contributed by atoms with van der Waals surface area (Å²) in [6.07, 6.45) is -3.48. The number of aliphatic hydroxyl groups excluding tert-OH is 2. The number of aromatic nitrogens is 4. The molecule has 0 radical (unpaired) electrons. The smallest absolute Gasteiger partial charge is 0.790 e. The number of hydrogen-bond donors (Lipinski definition) is 3. The summed E-state index contributed by atoms with van der Waals surface area (Å²) >= 11 is 0. The number of rotatable bonds is 6. The van der Waals surface area contributed by atoms with Gasteiger partial charge in [-0.25, -0.2) is 15.0 Å². The molecular weight excluding hydrogens is 529 g/mol. The Hall–Kier alpha value is 3.40. The van der Waals surface area contributed by atoms with E-state index in [1.807, 2.05) is 0 Å². The zero-order valence-corrected chi connectivity index (χ0v) is 27.3. The molecule has 3 heterocycles. The number of phosphoric acid groups is 2. The number of nitrogens with two attached hydrogens (primary N) is 1. The van der Waals surface area contributed by atoms with E-state index in [4.69, 9.17) is 10.5 Å². The van der Waals surface area contributed by atoms with Crippen molar-refractivity contribution in [3.05, 3.63) is 12.7 Å². The summed E-state index contributed by atoms with van der Waals surface area (Å²) in [5.41, 5.74) is 6.04. The van der Waals surface area contributed by atoms with Crippen LogP contribution in [0, 0.1) is 0 Å². The second-order valence-electron chi connectivity index (χ2n) is 5.40. The Morgan fingerprint density at radius 2 is 1.77 bits per heavy atom. The maximum atomic E-state index is 11.3. The molecule has 5 atom stereocenters. The van der Waals surface area contributed by atoms with Gasteiger partial charge >= 0.3 is 154 Å². The summed E-state index contributed by atoms with van der Waals surface area (Å²) in [4.78, 5) is 43.7. The molecule has 5 unspecified atom stereocenters. The van der Waals surface area contributed by atoms with Crippen LogP contribution in [0.5, 0.6) is 0 Å². The summed E-state index contributed by atoms with van der Waals surface area (Å²) in [5.74, 6) is 0.0655. The summed E-state index contributed by atoms with van der Waals surface area (Å²) < 4.78 is 35.7. The fourth-order valence-corrected chi connectivity index (χ4v) is 3.96. The molecule has 30 heavy (non-hydrogen) atoms. The third kappa shape index (κ3) is 8.51. The largest absolute Gasteiger partial charge is 1.00 e. The van der Waals surface area contributed by atoms with E-state index in [1.165, 1.54) is 10.9 Å². The molecule has 0 amide bonds. The number of imidazole rings is 1. The molecule has 4 N–H and O–H groups in total. The van der Waals surface area contributed by atoms with Crippen molar-refractivity contribution in [1.29, 1.82) is 0 Å². The van der Waals surface area contributed by atoms with E-state index in [-0.39, 0.29) is 171 Å². The zero-order chi connectivity index (χ0) is 20.0. The molecule has 0 aromatic carbocycles. The van der Waals surface area contributed by atoms with Gasteiger partial charge in [0.1, 0.15) is 30.2 Å². The number of fused-ring (bicyclic) bond motifs is 1. The molecule has 1 aliphatic rings. The monoisotopic (exact) mass is 541 g/mol. The average Bonchev–Trinajstić information content (AvgIpc) is 3.07. The molecule has 3 rings (SSSR count). The molecule has 0 spiro atoms. The van der Waals surface area contributed by atoms with Gasteiger partial charge in [0.2, 0.25) is 0 Å². The molecule has 0 saturated carbocycles. The molecule has 15 nitrogen and oxygen atoms in total. The minimum atomic E-state index is -5.85. The van der Waals surface area contributed by atoms with Crippen molar-refractivity contribution in [2.24, 2.45) is 0 Å². The SMILES string of the molecule is Nc1ncnc2c1ncn2C1OC(COP(=O)([O-])OP(=O)([O-])[O-])C(O)C1O.[K+].[K+].[K+]. The van der Waals surface area contributed by atoms with Crippen molar-refractivity contribution in [3.8, 4) is 0 Å². The Bertz CT molecular complexity index is 946. The maximum Gasteiger partial charge on any atom is 1.00 e. The van der Waals surface area contributed by atoms with Crippen LogP contribution in [-0.2, 0) is 22.7 Å². The number of hydrogen-bond acceptors (Lipinski definition) is 14. The number of phosphoric ester groups is 1. The molecule has 0 aliphatic carbocycles. The van der Waals surface area contributed by atoms with Crippen molar-refractivity contribution in [2.75, 3.05) is 12.3 Å². The molecule has 2 aromatic rings. The molecule has 2 aromatic heterocycles. The number of aliphatic hydroxyl groups is 2. The molecule has 150 valence electrons. The fraction of sp³-hybridized carbons (Fsp3) is 0.500. The molecule has 1 saturated heterocycles. The third-order valence-corrected chi connectivity index (χ3v) is 5.66. The third-order valence-electron chi connectivity index (χ3n) is 3.60. The van der Waals surface area contributed by atoms with Crippen LogP contribution in [0.3, 0.4) is 0 Å². The first kappa shape index (κ1) is 33.4. The fourth-order valence-electron chi connectivity index (χ4n) is 2.46. The van der Waals surface area contributed by atoms with Gasteiger partial charge < -0.3 is 44.5 Å². The quantitative estimate of drug-likeness (QED) is 0.227. The Morgan fingerprint density at radius 1 is 1.13 bits per heavy atom. The predicted molar refractivity (Wildman–Crippen MR) is 77.9 cm³/mol. The van der Waals surface area contributed by atoms with Crippen LogP contribution in [0.1, 0.15) is 6.23 Å². The van der Waals surface area contributed by atoms with Gasteiger partial charge in [0.25, 0.3) is 7.82 Å². The topological polar surface area (TPSA) is 241 Å². The Morgan fingerprint density at radius 3 is 2.37 bits per heavy atom. The van der Waals surface area contributed by atoms with E-state index in [9.17, 15) is 34.0 Å². The van der Waals surface area contributed by atoms with Crippen molar-refractivity contribution >= 4 is 32.6 Å². The second-order valence-corrected chi connectivity index (χ2v) is 8.10. The van der Waals surface area contributed by atoms with Crippen LogP contribution in [0.25, 0.3) is 11.2 Å². The van der Waals surface area contributed by atoms with Crippen LogP contribution in [-0.4, -0.2) is 54.7 Å². The van der Waals surface area contributed by atoms with Gasteiger partial charge in [0.15, 0.2) is 17.7 Å². The standard InChI is InChI=1S/C10H15N5O10P2.3K/c11-8-5-9(13-2-12-8)15(3-14-5)10-7(17)6(16)4(24-10)1-23-27(21,22)25-26(18,19)20;;;/h2-4,6-7,10,16-17H,1H2,(H,21,22)(H2,11,12,13)(H2,18,19,20);;;/q;3*+1/p-3. The number of anilines is 1. The van der Waals surface area contributed by atoms with Crippen LogP contribution < -0.4 is 175 Å². The van der Waals surface area contributed by atoms with Crippen LogP contribution in [0.4, 0.5) is 5.82 Å². The first-order valence-electron chi connectivity index (χ1n) is 7.12. The van der Waals surface area contributed by atoms with Gasteiger partial charge in [0, 0.05) is 0 Å². The minimum absolute atomic E-state index is 0. The van der Waals surface area contributed by atoms with Crippen molar-refractivity contribution in [3.63, 3.8) is 0 Å². The normalized spacial score (nSPS) is 25.6. The number of ether oxygens (including phenoxy) is 1. The van der Waals surface area contributed by atoms with Gasteiger partial charge in [-0.2, -0.15) is 0 Å². The van der Waals surface area contributed by atoms with E-state index in [1.54, 1.807) is 0 Å². The molecular formula is C10H12K3N5O10P2. The van der Waals surface area contributed by atoms with Crippen molar-refractivity contribution < 1.29 is 202 Å². The number of nitrogens with zero attached hydrogens (tertiary/aromatic N) is 4. The number of nitrogen functional groups attached to an aromatic ring is 1. The van der Waals surface area contributed by atoms with E-state index < -0.39 is 46.8 Å². The summed E-state index contributed by atoms with van der Waals surface area (Å²) in [6.45, 7) is -0.931. The summed E-state index contributed by atoms with van der Waals surface area (Å²) in [7, 11) is -11.4. The predicted octanol–water partition coefficient (Wildman–Crippen LogP) is -12.6.